The Morgan fingerprint density at radius 1 is 1.24 bits per heavy atom. The number of hydrogen-bond acceptors (Lipinski definition) is 3. The molecule has 1 aliphatic rings. The number of amides is 2. The summed E-state index contributed by atoms with van der Waals surface area (Å²) >= 11 is 0. The highest BCUT2D eigenvalue weighted by Gasteiger charge is 2.42. The molecule has 1 saturated heterocycles. The molecule has 2 aromatic rings. The Bertz CT molecular complexity index is 815. The summed E-state index contributed by atoms with van der Waals surface area (Å²) in [6.07, 6.45) is 0.455. The van der Waals surface area contributed by atoms with Crippen LogP contribution in [0.15, 0.2) is 30.3 Å². The number of nitrogens with one attached hydrogen (secondary N) is 1. The lowest BCUT2D eigenvalue weighted by Crippen LogP contribution is -2.37. The van der Waals surface area contributed by atoms with Crippen LogP contribution in [-0.2, 0) is 4.79 Å². The first kappa shape index (κ1) is 17.0. The van der Waals surface area contributed by atoms with Crippen LogP contribution in [0, 0.1) is 19.3 Å². The van der Waals surface area contributed by atoms with Crippen LogP contribution >= 0.6 is 0 Å². The molecule has 1 aromatic carbocycles. The Hall–Kier alpha value is -2.83. The molecule has 7 heteroatoms. The van der Waals surface area contributed by atoms with Crippen molar-refractivity contribution in [3.05, 3.63) is 41.7 Å². The SMILES string of the molecule is Cc1nn(-c2ccccc2)c(C)c1NC(=O)N1CCC(C)(C(=O)O)C1. The monoisotopic (exact) mass is 342 g/mol. The van der Waals surface area contributed by atoms with Crippen LogP contribution in [-0.4, -0.2) is 44.9 Å². The quantitative estimate of drug-likeness (QED) is 0.898. The number of carboxylic acids is 1. The fourth-order valence-electron chi connectivity index (χ4n) is 3.14. The summed E-state index contributed by atoms with van der Waals surface area (Å²) in [5, 5.41) is 16.7. The standard InChI is InChI=1S/C18H22N4O3/c1-12-15(13(2)22(20-12)14-7-5-4-6-8-14)19-17(25)21-10-9-18(3,11-21)16(23)24/h4-8H,9-11H2,1-3H3,(H,19,25)(H,23,24). The molecule has 2 N–H and O–H groups in total. The highest BCUT2D eigenvalue weighted by atomic mass is 16.4. The van der Waals surface area contributed by atoms with E-state index in [1.807, 2.05) is 44.2 Å². The summed E-state index contributed by atoms with van der Waals surface area (Å²) in [5.74, 6) is -0.868. The van der Waals surface area contributed by atoms with Crippen molar-refractivity contribution in [3.8, 4) is 5.69 Å². The minimum absolute atomic E-state index is 0.207. The number of aryl methyl sites for hydroxylation is 1. The molecule has 25 heavy (non-hydrogen) atoms. The molecule has 2 heterocycles. The fourth-order valence-corrected chi connectivity index (χ4v) is 3.14. The first-order valence-electron chi connectivity index (χ1n) is 8.23. The molecule has 0 saturated carbocycles. The van der Waals surface area contributed by atoms with Crippen LogP contribution in [0.1, 0.15) is 24.7 Å². The molecule has 3 rings (SSSR count). The molecular formula is C18H22N4O3. The minimum Gasteiger partial charge on any atom is -0.481 e. The van der Waals surface area contributed by atoms with Gasteiger partial charge in [-0.15, -0.1) is 0 Å². The van der Waals surface area contributed by atoms with Crippen molar-refractivity contribution < 1.29 is 14.7 Å². The van der Waals surface area contributed by atoms with Crippen molar-refractivity contribution in [2.45, 2.75) is 27.2 Å². The van der Waals surface area contributed by atoms with Crippen molar-refractivity contribution in [2.75, 3.05) is 18.4 Å². The van der Waals surface area contributed by atoms with Gasteiger partial charge in [-0.3, -0.25) is 4.79 Å². The Kier molecular flexibility index (Phi) is 4.24. The second-order valence-corrected chi connectivity index (χ2v) is 6.76. The summed E-state index contributed by atoms with van der Waals surface area (Å²) in [7, 11) is 0. The third-order valence-electron chi connectivity index (χ3n) is 4.80. The van der Waals surface area contributed by atoms with Gasteiger partial charge in [-0.1, -0.05) is 18.2 Å². The third kappa shape index (κ3) is 3.09. The maximum absolute atomic E-state index is 12.6. The van der Waals surface area contributed by atoms with Crippen LogP contribution in [0.3, 0.4) is 0 Å². The number of hydrogen-bond donors (Lipinski definition) is 2. The molecular weight excluding hydrogens is 320 g/mol. The summed E-state index contributed by atoms with van der Waals surface area (Å²) in [6, 6.07) is 9.41. The molecule has 1 unspecified atom stereocenters. The van der Waals surface area contributed by atoms with Gasteiger partial charge in [-0.25, -0.2) is 9.48 Å². The average molecular weight is 342 g/mol. The number of urea groups is 1. The van der Waals surface area contributed by atoms with Crippen molar-refractivity contribution in [2.24, 2.45) is 5.41 Å². The van der Waals surface area contributed by atoms with Crippen LogP contribution in [0.25, 0.3) is 5.69 Å². The van der Waals surface area contributed by atoms with Gasteiger partial charge in [0.05, 0.1) is 28.2 Å². The van der Waals surface area contributed by atoms with E-state index in [1.165, 1.54) is 0 Å². The smallest absolute Gasteiger partial charge is 0.321 e. The second-order valence-electron chi connectivity index (χ2n) is 6.76. The van der Waals surface area contributed by atoms with E-state index in [1.54, 1.807) is 16.5 Å². The Morgan fingerprint density at radius 3 is 2.52 bits per heavy atom. The number of rotatable bonds is 3. The molecule has 0 spiro atoms. The Labute approximate surface area is 146 Å². The zero-order valence-electron chi connectivity index (χ0n) is 14.6. The molecule has 2 amide bonds. The van der Waals surface area contributed by atoms with Gasteiger partial charge in [0, 0.05) is 13.1 Å². The molecule has 0 radical (unpaired) electrons. The van der Waals surface area contributed by atoms with Crippen molar-refractivity contribution >= 4 is 17.7 Å². The normalized spacial score (nSPS) is 19.9. The first-order valence-corrected chi connectivity index (χ1v) is 8.23. The predicted molar refractivity (Wildman–Crippen MR) is 94.0 cm³/mol. The van der Waals surface area contributed by atoms with Crippen LogP contribution in [0.4, 0.5) is 10.5 Å². The topological polar surface area (TPSA) is 87.5 Å². The van der Waals surface area contributed by atoms with Gasteiger partial charge in [0.15, 0.2) is 0 Å². The van der Waals surface area contributed by atoms with E-state index >= 15 is 0 Å². The van der Waals surface area contributed by atoms with Crippen molar-refractivity contribution in [3.63, 3.8) is 0 Å². The zero-order chi connectivity index (χ0) is 18.2. The third-order valence-corrected chi connectivity index (χ3v) is 4.80. The molecule has 0 aliphatic carbocycles. The Balaban J connectivity index is 1.79. The maximum atomic E-state index is 12.6. The number of anilines is 1. The minimum atomic E-state index is -0.879. The molecule has 132 valence electrons. The number of para-hydroxylation sites is 1. The summed E-state index contributed by atoms with van der Waals surface area (Å²) in [5.41, 5.74) is 2.25. The summed E-state index contributed by atoms with van der Waals surface area (Å²) in [4.78, 5) is 25.5. The lowest BCUT2D eigenvalue weighted by atomic mass is 9.90. The van der Waals surface area contributed by atoms with Gasteiger partial charge in [0.25, 0.3) is 0 Å². The van der Waals surface area contributed by atoms with Crippen LogP contribution in [0.2, 0.25) is 0 Å². The van der Waals surface area contributed by atoms with Crippen LogP contribution < -0.4 is 5.32 Å². The van der Waals surface area contributed by atoms with Crippen molar-refractivity contribution in [1.82, 2.24) is 14.7 Å². The predicted octanol–water partition coefficient (Wildman–Crippen LogP) is 2.82. The van der Waals surface area contributed by atoms with Gasteiger partial charge in [0.1, 0.15) is 0 Å². The van der Waals surface area contributed by atoms with E-state index < -0.39 is 11.4 Å². The lowest BCUT2D eigenvalue weighted by Gasteiger charge is -2.20. The number of aromatic nitrogens is 2. The summed E-state index contributed by atoms with van der Waals surface area (Å²) in [6.45, 7) is 6.05. The van der Waals surface area contributed by atoms with E-state index in [-0.39, 0.29) is 12.6 Å². The van der Waals surface area contributed by atoms with E-state index in [9.17, 15) is 14.7 Å². The average Bonchev–Trinajstić information content (AvgIpc) is 3.12. The molecule has 1 fully saturated rings. The maximum Gasteiger partial charge on any atom is 0.321 e. The molecule has 1 aromatic heterocycles. The number of aliphatic carboxylic acids is 1. The number of carbonyl (C=O) groups excluding carboxylic acids is 1. The zero-order valence-corrected chi connectivity index (χ0v) is 14.6. The van der Waals surface area contributed by atoms with Crippen molar-refractivity contribution in [1.29, 1.82) is 0 Å². The highest BCUT2D eigenvalue weighted by Crippen LogP contribution is 2.31. The first-order chi connectivity index (χ1) is 11.8. The largest absolute Gasteiger partial charge is 0.481 e. The second kappa shape index (κ2) is 6.23. The van der Waals surface area contributed by atoms with Gasteiger partial charge in [0.2, 0.25) is 0 Å². The molecule has 7 nitrogen and oxygen atoms in total. The van der Waals surface area contributed by atoms with E-state index in [0.29, 0.717) is 18.7 Å². The van der Waals surface area contributed by atoms with E-state index in [4.69, 9.17) is 0 Å². The van der Waals surface area contributed by atoms with Crippen LogP contribution in [0.5, 0.6) is 0 Å². The number of benzene rings is 1. The molecule has 0 bridgehead atoms. The molecule has 1 aliphatic heterocycles. The number of carbonyl (C=O) groups is 2. The van der Waals surface area contributed by atoms with E-state index in [2.05, 4.69) is 10.4 Å². The van der Waals surface area contributed by atoms with Gasteiger partial charge >= 0.3 is 12.0 Å². The number of likely N-dealkylation sites (tertiary alicyclic amines) is 1. The van der Waals surface area contributed by atoms with Gasteiger partial charge in [-0.05, 0) is 39.3 Å². The fraction of sp³-hybridized carbons (Fsp3) is 0.389. The van der Waals surface area contributed by atoms with E-state index in [0.717, 1.165) is 17.1 Å². The highest BCUT2D eigenvalue weighted by molar-refractivity contribution is 5.91. The summed E-state index contributed by atoms with van der Waals surface area (Å²) < 4.78 is 1.79. The van der Waals surface area contributed by atoms with Gasteiger partial charge in [-0.2, -0.15) is 5.10 Å². The Morgan fingerprint density at radius 2 is 1.92 bits per heavy atom. The van der Waals surface area contributed by atoms with Gasteiger partial charge < -0.3 is 15.3 Å². The lowest BCUT2D eigenvalue weighted by molar-refractivity contribution is -0.146. The molecule has 1 atom stereocenters. The number of carboxylic acid groups (broad SMARTS) is 1. The number of nitrogens with zero attached hydrogens (tertiary/aromatic N) is 3.